The fourth-order valence-corrected chi connectivity index (χ4v) is 5.24. The summed E-state index contributed by atoms with van der Waals surface area (Å²) in [6.45, 7) is 12.8. The summed E-state index contributed by atoms with van der Waals surface area (Å²) in [5, 5.41) is 2.59. The Morgan fingerprint density at radius 3 is 2.04 bits per heavy atom. The van der Waals surface area contributed by atoms with Gasteiger partial charge in [-0.2, -0.15) is 22.5 Å². The molecule has 1 saturated heterocycles. The predicted molar refractivity (Wildman–Crippen MR) is 190 cm³/mol. The molecule has 0 radical (unpaired) electrons. The van der Waals surface area contributed by atoms with E-state index in [1.807, 2.05) is 7.05 Å². The van der Waals surface area contributed by atoms with E-state index in [1.165, 1.54) is 38.2 Å². The quantitative estimate of drug-likeness (QED) is 0.124. The Morgan fingerprint density at radius 2 is 1.65 bits per heavy atom. The summed E-state index contributed by atoms with van der Waals surface area (Å²) >= 11 is 0. The standard InChI is InChI=1S/C18H20F4N2O2.C9H17NO.C5H9NO2.C3H8.CH3NO/c1-25-12-7-8-13-14(10-12)24-16(26-2)15(23-13)18(21,22)17(19,20)9-3-4-11-5-6-11;1-4-8-5-6-10(3)9(8)7(2)11;1-4(2)5(3-7)6-8;1-3-2;2-1-3/h7-8,10-11H,3-6,9H2,1-2H3;8-9H,4-6H2,1-3H3;3-5H,1-2H3;3H2,1-2H3;1H,(H2,2,3)/t;8-,9-;5-;;/m.11../s1. The maximum absolute atomic E-state index is 14.6. The lowest BCUT2D eigenvalue weighted by Crippen LogP contribution is -2.39. The molecule has 1 aromatic carbocycles. The number of nitrogens with zero attached hydrogens (tertiary/aromatic N) is 4. The van der Waals surface area contributed by atoms with Gasteiger partial charge in [0.05, 0.1) is 31.3 Å². The number of rotatable bonds is 13. The average Bonchev–Trinajstić information content (AvgIpc) is 3.83. The van der Waals surface area contributed by atoms with Gasteiger partial charge in [0.15, 0.2) is 5.69 Å². The molecule has 0 bridgehead atoms. The van der Waals surface area contributed by atoms with Crippen molar-refractivity contribution in [2.75, 3.05) is 27.8 Å². The van der Waals surface area contributed by atoms with Crippen LogP contribution in [0.2, 0.25) is 0 Å². The van der Waals surface area contributed by atoms with Gasteiger partial charge in [-0.15, -0.1) is 0 Å². The summed E-state index contributed by atoms with van der Waals surface area (Å²) in [5.74, 6) is -7.51. The Labute approximate surface area is 299 Å². The largest absolute Gasteiger partial charge is 0.497 e. The third kappa shape index (κ3) is 15.2. The van der Waals surface area contributed by atoms with E-state index in [4.69, 9.17) is 14.3 Å². The molecule has 2 aromatic rings. The van der Waals surface area contributed by atoms with Crippen LogP contribution >= 0.6 is 0 Å². The van der Waals surface area contributed by atoms with Crippen molar-refractivity contribution in [3.8, 4) is 11.6 Å². The normalized spacial score (nSPS) is 17.5. The number of nitroso groups, excluding NO2 is 1. The number of Topliss-reactive ketones (excluding diaryl/α,β-unsaturated/α-hetero) is 1. The summed E-state index contributed by atoms with van der Waals surface area (Å²) in [4.78, 5) is 49.2. The lowest BCUT2D eigenvalue weighted by Gasteiger charge is -2.27. The average molecular weight is 732 g/mol. The van der Waals surface area contributed by atoms with Gasteiger partial charge in [-0.05, 0) is 63.2 Å². The summed E-state index contributed by atoms with van der Waals surface area (Å²) in [5.41, 5.74) is 3.31. The molecule has 1 saturated carbocycles. The minimum atomic E-state index is -4.48. The number of fused-ring (bicyclic) bond motifs is 1. The first kappa shape index (κ1) is 47.2. The third-order valence-electron chi connectivity index (χ3n) is 8.25. The Balaban J connectivity index is 0.000000821. The summed E-state index contributed by atoms with van der Waals surface area (Å²) in [7, 11) is 4.58. The fourth-order valence-electron chi connectivity index (χ4n) is 5.24. The van der Waals surface area contributed by atoms with Crippen molar-refractivity contribution in [2.24, 2.45) is 28.7 Å². The second kappa shape index (κ2) is 23.7. The number of alkyl halides is 4. The predicted octanol–water partition coefficient (Wildman–Crippen LogP) is 7.75. The molecule has 11 nitrogen and oxygen atoms in total. The van der Waals surface area contributed by atoms with E-state index in [9.17, 15) is 32.1 Å². The van der Waals surface area contributed by atoms with Crippen LogP contribution in [0.1, 0.15) is 98.6 Å². The van der Waals surface area contributed by atoms with E-state index >= 15 is 0 Å². The van der Waals surface area contributed by atoms with E-state index in [1.54, 1.807) is 20.8 Å². The van der Waals surface area contributed by atoms with Gasteiger partial charge in [-0.25, -0.2) is 9.97 Å². The number of ether oxygens (including phenoxy) is 2. The molecule has 2 N–H and O–H groups in total. The highest BCUT2D eigenvalue weighted by Crippen LogP contribution is 2.48. The minimum absolute atomic E-state index is 0.0324. The van der Waals surface area contributed by atoms with E-state index in [-0.39, 0.29) is 35.8 Å². The van der Waals surface area contributed by atoms with Crippen molar-refractivity contribution in [1.82, 2.24) is 14.9 Å². The Morgan fingerprint density at radius 1 is 1.06 bits per heavy atom. The van der Waals surface area contributed by atoms with Crippen molar-refractivity contribution in [2.45, 2.75) is 117 Å². The summed E-state index contributed by atoms with van der Waals surface area (Å²) in [6, 6.07) is 3.92. The first-order valence-corrected chi connectivity index (χ1v) is 17.3. The lowest BCUT2D eigenvalue weighted by atomic mass is 9.95. The number of halogens is 4. The molecule has 290 valence electrons. The number of ketones is 1. The van der Waals surface area contributed by atoms with Gasteiger partial charge < -0.3 is 20.0 Å². The van der Waals surface area contributed by atoms with Crippen LogP contribution in [0.15, 0.2) is 23.4 Å². The van der Waals surface area contributed by atoms with Crippen LogP contribution in [-0.2, 0) is 20.3 Å². The van der Waals surface area contributed by atoms with Gasteiger partial charge >= 0.3 is 11.8 Å². The van der Waals surface area contributed by atoms with Gasteiger partial charge in [-0.3, -0.25) is 14.5 Å². The molecule has 1 aromatic heterocycles. The molecular weight excluding hydrogens is 674 g/mol. The SMILES string of the molecule is CC(C)[C@@H](C=O)N=O.CCC.CC[C@@H]1CCN(C)[C@@H]1C(C)=O.COc1ccc2nc(C(F)(F)C(F)(F)CCCC3CC3)c(OC)nc2c1.NC=O. The number of primary amides is 1. The second-order valence-electron chi connectivity index (χ2n) is 12.9. The maximum Gasteiger partial charge on any atom is 0.356 e. The van der Waals surface area contributed by atoms with Crippen molar-refractivity contribution < 1.29 is 41.4 Å². The molecule has 4 rings (SSSR count). The molecule has 0 unspecified atom stereocenters. The van der Waals surface area contributed by atoms with Gasteiger partial charge in [0, 0.05) is 12.5 Å². The first-order chi connectivity index (χ1) is 24.0. The molecule has 3 atom stereocenters. The first-order valence-electron chi connectivity index (χ1n) is 17.3. The third-order valence-corrected chi connectivity index (χ3v) is 8.25. The number of aldehydes is 1. The maximum atomic E-state index is 14.6. The number of likely N-dealkylation sites (tertiary alicyclic amines) is 1. The van der Waals surface area contributed by atoms with E-state index in [0.717, 1.165) is 32.9 Å². The molecule has 1 aliphatic heterocycles. The molecule has 0 spiro atoms. The second-order valence-corrected chi connectivity index (χ2v) is 12.9. The zero-order chi connectivity index (χ0) is 39.4. The molecular formula is C36H57F4N5O6. The molecule has 2 fully saturated rings. The van der Waals surface area contributed by atoms with Crippen molar-refractivity contribution in [3.05, 3.63) is 28.8 Å². The molecule has 15 heteroatoms. The zero-order valence-corrected chi connectivity index (χ0v) is 31.5. The number of amides is 1. The highest BCUT2D eigenvalue weighted by molar-refractivity contribution is 5.82. The number of methoxy groups -OCH3 is 2. The number of carbonyl (C=O) groups excluding carboxylic acids is 3. The molecule has 2 heterocycles. The number of nitrogens with two attached hydrogens (primary N) is 1. The summed E-state index contributed by atoms with van der Waals surface area (Å²) < 4.78 is 67.7. The van der Waals surface area contributed by atoms with E-state index in [0.29, 0.717) is 36.1 Å². The Kier molecular flexibility index (Phi) is 21.9. The van der Waals surface area contributed by atoms with Gasteiger partial charge in [0.2, 0.25) is 12.3 Å². The minimum Gasteiger partial charge on any atom is -0.497 e. The highest BCUT2D eigenvalue weighted by atomic mass is 19.3. The molecule has 2 aliphatic rings. The summed E-state index contributed by atoms with van der Waals surface area (Å²) in [6.07, 6.45) is 6.08. The van der Waals surface area contributed by atoms with Crippen molar-refractivity contribution in [1.29, 1.82) is 0 Å². The zero-order valence-electron chi connectivity index (χ0n) is 31.5. The van der Waals surface area contributed by atoms with Crippen LogP contribution in [0.25, 0.3) is 11.0 Å². The van der Waals surface area contributed by atoms with Crippen LogP contribution in [-0.4, -0.2) is 79.2 Å². The lowest BCUT2D eigenvalue weighted by molar-refractivity contribution is -0.222. The monoisotopic (exact) mass is 731 g/mol. The number of carbonyl (C=O) groups is 3. The van der Waals surface area contributed by atoms with Gasteiger partial charge in [0.25, 0.3) is 0 Å². The number of hydrogen-bond donors (Lipinski definition) is 1. The number of likely N-dealkylation sites (N-methyl/N-ethyl adjacent to an activating group) is 1. The van der Waals surface area contributed by atoms with Crippen LogP contribution in [0, 0.1) is 22.7 Å². The van der Waals surface area contributed by atoms with Crippen molar-refractivity contribution in [3.63, 3.8) is 0 Å². The number of benzene rings is 1. The van der Waals surface area contributed by atoms with Crippen LogP contribution in [0.3, 0.4) is 0 Å². The van der Waals surface area contributed by atoms with E-state index < -0.39 is 35.9 Å². The van der Waals surface area contributed by atoms with Gasteiger partial charge in [0.1, 0.15) is 23.9 Å². The number of hydrogen-bond acceptors (Lipinski definition) is 10. The van der Waals surface area contributed by atoms with Gasteiger partial charge in [-0.1, -0.05) is 71.9 Å². The van der Waals surface area contributed by atoms with Crippen LogP contribution in [0.5, 0.6) is 11.6 Å². The Hall–Kier alpha value is -3.75. The highest BCUT2D eigenvalue weighted by Gasteiger charge is 2.59. The fraction of sp³-hybridized carbons (Fsp3) is 0.694. The number of aromatic nitrogens is 2. The topological polar surface area (TPSA) is 154 Å². The molecule has 1 aliphatic carbocycles. The Bertz CT molecular complexity index is 1340. The van der Waals surface area contributed by atoms with E-state index in [2.05, 4.69) is 46.5 Å². The smallest absolute Gasteiger partial charge is 0.356 e. The van der Waals surface area contributed by atoms with Crippen molar-refractivity contribution >= 4 is 29.5 Å². The van der Waals surface area contributed by atoms with Crippen LogP contribution in [0.4, 0.5) is 17.6 Å². The molecule has 51 heavy (non-hydrogen) atoms. The molecule has 1 amide bonds. The van der Waals surface area contributed by atoms with Crippen LogP contribution < -0.4 is 15.2 Å².